The number of rotatable bonds is 8. The van der Waals surface area contributed by atoms with Crippen molar-refractivity contribution in [3.05, 3.63) is 75.9 Å². The van der Waals surface area contributed by atoms with E-state index in [0.717, 1.165) is 29.7 Å². The molecule has 0 unspecified atom stereocenters. The van der Waals surface area contributed by atoms with Gasteiger partial charge >= 0.3 is 12.3 Å². The maximum atomic E-state index is 13.5. The molecule has 3 aromatic heterocycles. The van der Waals surface area contributed by atoms with Crippen molar-refractivity contribution in [2.24, 2.45) is 0 Å². The Hall–Kier alpha value is -3.34. The number of aliphatic hydroxyl groups is 1. The van der Waals surface area contributed by atoms with Crippen LogP contribution in [0.15, 0.2) is 54.7 Å². The topological polar surface area (TPSA) is 154 Å². The largest absolute Gasteiger partial charge is 0.465 e. The first-order valence-corrected chi connectivity index (χ1v) is 15.2. The fourth-order valence-electron chi connectivity index (χ4n) is 4.15. The Balaban J connectivity index is 1.88. The van der Waals surface area contributed by atoms with E-state index in [9.17, 15) is 31.5 Å². The Labute approximate surface area is 254 Å². The summed E-state index contributed by atoms with van der Waals surface area (Å²) in [6.07, 6.45) is -5.16. The van der Waals surface area contributed by atoms with Crippen LogP contribution in [0.25, 0.3) is 21.3 Å². The van der Waals surface area contributed by atoms with Gasteiger partial charge in [0.1, 0.15) is 11.9 Å². The maximum Gasteiger partial charge on any atom is 0.421 e. The molecule has 0 aliphatic heterocycles. The van der Waals surface area contributed by atoms with Crippen LogP contribution in [0.1, 0.15) is 49.9 Å². The number of carboxylic acid groups (broad SMARTS) is 1. The van der Waals surface area contributed by atoms with Gasteiger partial charge in [-0.15, -0.1) is 11.3 Å². The number of nitrogens with zero attached hydrogens (tertiary/aromatic N) is 2. The zero-order valence-electron chi connectivity index (χ0n) is 23.1. The molecule has 1 aromatic carbocycles. The number of amides is 1. The fraction of sp³-hybridized carbons (Fsp3) is 0.296. The van der Waals surface area contributed by atoms with Crippen LogP contribution in [-0.2, 0) is 15.8 Å². The molecule has 230 valence electrons. The zero-order valence-corrected chi connectivity index (χ0v) is 25.5. The molecule has 0 spiro atoms. The molecule has 43 heavy (non-hydrogen) atoms. The summed E-state index contributed by atoms with van der Waals surface area (Å²) in [5.41, 5.74) is -3.81. The molecule has 0 bridgehead atoms. The molecule has 16 heteroatoms. The minimum absolute atomic E-state index is 0.00153. The highest BCUT2D eigenvalue weighted by Crippen LogP contribution is 2.42. The normalized spacial score (nSPS) is 14.8. The van der Waals surface area contributed by atoms with Gasteiger partial charge in [-0.25, -0.2) is 9.78 Å². The van der Waals surface area contributed by atoms with Gasteiger partial charge in [-0.2, -0.15) is 31.0 Å². The van der Waals surface area contributed by atoms with Gasteiger partial charge in [-0.3, -0.25) is 10.3 Å². The molecule has 10 nitrogen and oxygen atoms in total. The summed E-state index contributed by atoms with van der Waals surface area (Å²) in [6, 6.07) is 10.4. The number of aromatic nitrogens is 2. The molecule has 0 aliphatic rings. The van der Waals surface area contributed by atoms with Gasteiger partial charge in [0.2, 0.25) is 0 Å². The molecule has 4 aromatic rings. The van der Waals surface area contributed by atoms with Crippen LogP contribution in [0.4, 0.5) is 23.8 Å². The van der Waals surface area contributed by atoms with E-state index in [2.05, 4.69) is 24.7 Å². The quantitative estimate of drug-likeness (QED) is 0.152. The van der Waals surface area contributed by atoms with Gasteiger partial charge in [0.15, 0.2) is 5.60 Å². The van der Waals surface area contributed by atoms with Crippen LogP contribution in [0, 0.1) is 0 Å². The van der Waals surface area contributed by atoms with Crippen LogP contribution in [0.3, 0.4) is 0 Å². The predicted octanol–water partition coefficient (Wildman–Crippen LogP) is 6.18. The first kappa shape index (κ1) is 32.6. The van der Waals surface area contributed by atoms with Crippen molar-refractivity contribution in [1.82, 2.24) is 19.4 Å². The Bertz CT molecular complexity index is 1790. The van der Waals surface area contributed by atoms with Crippen molar-refractivity contribution in [1.29, 1.82) is 0 Å². The number of nitrogens with one attached hydrogen (secondary N) is 3. The van der Waals surface area contributed by atoms with Gasteiger partial charge in [-0.1, -0.05) is 29.8 Å². The lowest BCUT2D eigenvalue weighted by molar-refractivity contribution is -0.258. The Kier molecular flexibility index (Phi) is 8.81. The molecule has 0 aliphatic carbocycles. The van der Waals surface area contributed by atoms with Crippen molar-refractivity contribution in [2.75, 3.05) is 5.32 Å². The van der Waals surface area contributed by atoms with Crippen LogP contribution < -0.4 is 14.8 Å². The molecule has 4 rings (SSSR count). The zero-order chi connectivity index (χ0) is 32.0. The van der Waals surface area contributed by atoms with E-state index in [1.165, 1.54) is 12.1 Å². The van der Waals surface area contributed by atoms with Crippen molar-refractivity contribution < 1.29 is 36.6 Å². The second kappa shape index (κ2) is 11.6. The van der Waals surface area contributed by atoms with Gasteiger partial charge in [-0.05, 0) is 69.0 Å². The first-order valence-electron chi connectivity index (χ1n) is 12.5. The van der Waals surface area contributed by atoms with Crippen molar-refractivity contribution in [3.8, 4) is 11.3 Å². The Morgan fingerprint density at radius 3 is 2.40 bits per heavy atom. The molecule has 0 radical (unpaired) electrons. The summed E-state index contributed by atoms with van der Waals surface area (Å²) in [5.74, 6) is -0.0978. The van der Waals surface area contributed by atoms with Crippen molar-refractivity contribution in [3.63, 3.8) is 0 Å². The highest BCUT2D eigenvalue weighted by molar-refractivity contribution is 7.87. The first-order chi connectivity index (χ1) is 19.8. The molecular formula is C27H27ClF3N5O5S2. The second-order valence-corrected chi connectivity index (χ2v) is 13.7. The number of thiophene rings is 1. The average molecular weight is 658 g/mol. The van der Waals surface area contributed by atoms with Gasteiger partial charge in [0, 0.05) is 26.9 Å². The molecule has 0 saturated carbocycles. The minimum atomic E-state index is -4.94. The van der Waals surface area contributed by atoms with Crippen LogP contribution in [-0.4, -0.2) is 46.4 Å². The lowest BCUT2D eigenvalue weighted by Gasteiger charge is -2.26. The van der Waals surface area contributed by atoms with Gasteiger partial charge < -0.3 is 10.2 Å². The highest BCUT2D eigenvalue weighted by Gasteiger charge is 2.51. The van der Waals surface area contributed by atoms with Crippen LogP contribution in [0.5, 0.6) is 0 Å². The van der Waals surface area contributed by atoms with E-state index in [0.29, 0.717) is 27.5 Å². The number of fused-ring (bicyclic) bond motifs is 1. The molecular weight excluding hydrogens is 631 g/mol. The van der Waals surface area contributed by atoms with E-state index in [-0.39, 0.29) is 22.2 Å². The third-order valence-corrected chi connectivity index (χ3v) is 9.09. The summed E-state index contributed by atoms with van der Waals surface area (Å²) in [4.78, 5) is 20.1. The van der Waals surface area contributed by atoms with Crippen LogP contribution >= 0.6 is 22.9 Å². The summed E-state index contributed by atoms with van der Waals surface area (Å²) in [7, 11) is -4.20. The van der Waals surface area contributed by atoms with E-state index >= 15 is 0 Å². The second-order valence-electron chi connectivity index (χ2n) is 10.8. The number of halogens is 4. The predicted molar refractivity (Wildman–Crippen MR) is 158 cm³/mol. The average Bonchev–Trinajstić information content (AvgIpc) is 3.30. The Morgan fingerprint density at radius 1 is 1.07 bits per heavy atom. The number of anilines is 1. The minimum Gasteiger partial charge on any atom is -0.465 e. The maximum absolute atomic E-state index is 13.5. The third-order valence-electron chi connectivity index (χ3n) is 6.09. The van der Waals surface area contributed by atoms with E-state index in [4.69, 9.17) is 16.7 Å². The number of hydrogen-bond acceptors (Lipinski definition) is 7. The van der Waals surface area contributed by atoms with Gasteiger partial charge in [0.05, 0.1) is 16.4 Å². The summed E-state index contributed by atoms with van der Waals surface area (Å²) < 4.78 is 72.6. The third kappa shape index (κ3) is 7.42. The smallest absolute Gasteiger partial charge is 0.421 e. The standard InChI is InChI=1S/C27H27ClF3N5O5S2/c1-25(2,3)36-43(40,41)35-22(21-17(28)8-9-20(33-21)34-24(37)38)19-12-14-6-5-7-16(23(14)42-19)18-13-15(10-11-32-18)26(4,39)27(29,30)31/h5-13,22,35-36,39H,1-4H3,(H,33,34)(H,37,38)/t22-,26-/m1/s1. The highest BCUT2D eigenvalue weighted by atomic mass is 35.5. The lowest BCUT2D eigenvalue weighted by atomic mass is 9.94. The SMILES string of the molecule is CC(C)(C)NS(=O)(=O)N[C@H](c1cc2cccc(-c3cc([C@@](C)(O)C(F)(F)F)ccn3)c2s1)c1nc(NC(=O)O)ccc1Cl. The lowest BCUT2D eigenvalue weighted by Crippen LogP contribution is -2.48. The molecule has 0 saturated heterocycles. The number of hydrogen-bond donors (Lipinski definition) is 5. The molecule has 5 N–H and O–H groups in total. The Morgan fingerprint density at radius 2 is 1.77 bits per heavy atom. The summed E-state index contributed by atoms with van der Waals surface area (Å²) in [5, 5.41) is 22.1. The fourth-order valence-corrected chi connectivity index (χ4v) is 7.09. The number of alkyl halides is 3. The van der Waals surface area contributed by atoms with Crippen molar-refractivity contribution in [2.45, 2.75) is 51.1 Å². The molecule has 3 heterocycles. The van der Waals surface area contributed by atoms with E-state index < -0.39 is 45.2 Å². The number of carbonyl (C=O) groups is 1. The molecule has 1 amide bonds. The molecule has 2 atom stereocenters. The summed E-state index contributed by atoms with van der Waals surface area (Å²) in [6.45, 7) is 5.59. The molecule has 0 fully saturated rings. The van der Waals surface area contributed by atoms with E-state index in [1.807, 2.05) is 0 Å². The number of benzene rings is 1. The van der Waals surface area contributed by atoms with E-state index in [1.54, 1.807) is 45.0 Å². The summed E-state index contributed by atoms with van der Waals surface area (Å²) >= 11 is 7.56. The number of pyridine rings is 2. The van der Waals surface area contributed by atoms with Gasteiger partial charge in [0.25, 0.3) is 10.2 Å². The van der Waals surface area contributed by atoms with Crippen molar-refractivity contribution >= 4 is 55.1 Å². The monoisotopic (exact) mass is 657 g/mol. The van der Waals surface area contributed by atoms with Crippen LogP contribution in [0.2, 0.25) is 5.02 Å².